The van der Waals surface area contributed by atoms with E-state index in [1.165, 1.54) is 0 Å². The maximum atomic E-state index is 6.06. The topological polar surface area (TPSA) is 13.1 Å². The molecule has 0 unspecified atom stereocenters. The Hall–Kier alpha value is -1.64. The fraction of sp³-hybridized carbons (Fsp3) is 0.0625. The van der Waals surface area contributed by atoms with Gasteiger partial charge < -0.3 is 4.42 Å². The summed E-state index contributed by atoms with van der Waals surface area (Å²) < 4.78 is 6.77. The third-order valence-electron chi connectivity index (χ3n) is 3.06. The molecule has 1 nitrogen and oxygen atoms in total. The molecular weight excluding hydrogens is 276 g/mol. The maximum Gasteiger partial charge on any atom is 0.140 e. The Labute approximate surface area is 121 Å². The van der Waals surface area contributed by atoms with Gasteiger partial charge in [-0.3, -0.25) is 0 Å². The van der Waals surface area contributed by atoms with E-state index in [0.717, 1.165) is 32.4 Å². The molecule has 3 rings (SSSR count). The highest BCUT2D eigenvalue weighted by Crippen LogP contribution is 2.31. The molecule has 1 aromatic heterocycles. The van der Waals surface area contributed by atoms with Crippen molar-refractivity contribution in [2.24, 2.45) is 0 Å². The van der Waals surface area contributed by atoms with Crippen molar-refractivity contribution in [3.8, 4) is 11.3 Å². The van der Waals surface area contributed by atoms with E-state index in [9.17, 15) is 0 Å². The van der Waals surface area contributed by atoms with Crippen LogP contribution in [0.25, 0.3) is 22.3 Å². The van der Waals surface area contributed by atoms with Crippen LogP contribution in [0.4, 0.5) is 0 Å². The van der Waals surface area contributed by atoms with Gasteiger partial charge in [0.25, 0.3) is 0 Å². The lowest BCUT2D eigenvalue weighted by molar-refractivity contribution is 0.614. The Kier molecular flexibility index (Phi) is 3.36. The number of fused-ring (bicyclic) bond motifs is 1. The highest BCUT2D eigenvalue weighted by atomic mass is 35.5. The Morgan fingerprint density at radius 3 is 2.37 bits per heavy atom. The number of benzene rings is 2. The predicted molar refractivity (Wildman–Crippen MR) is 82.0 cm³/mol. The molecule has 19 heavy (non-hydrogen) atoms. The van der Waals surface area contributed by atoms with Crippen LogP contribution in [0.3, 0.4) is 0 Å². The fourth-order valence-electron chi connectivity index (χ4n) is 2.12. The summed E-state index contributed by atoms with van der Waals surface area (Å²) in [7, 11) is 0. The van der Waals surface area contributed by atoms with Gasteiger partial charge in [-0.15, -0.1) is 11.6 Å². The van der Waals surface area contributed by atoms with E-state index < -0.39 is 0 Å². The molecule has 0 aliphatic heterocycles. The minimum Gasteiger partial charge on any atom is -0.456 e. The quantitative estimate of drug-likeness (QED) is 0.451. The molecule has 0 N–H and O–H groups in total. The molecule has 2 aromatic carbocycles. The Morgan fingerprint density at radius 1 is 0.947 bits per heavy atom. The van der Waals surface area contributed by atoms with Crippen molar-refractivity contribution >= 4 is 34.8 Å². The van der Waals surface area contributed by atoms with Crippen LogP contribution in [0.2, 0.25) is 0 Å². The zero-order valence-electron chi connectivity index (χ0n) is 10.1. The minimum atomic E-state index is 0.345. The molecule has 0 saturated carbocycles. The molecule has 0 fully saturated rings. The first-order valence-electron chi connectivity index (χ1n) is 5.97. The van der Waals surface area contributed by atoms with Crippen LogP contribution in [0.5, 0.6) is 0 Å². The largest absolute Gasteiger partial charge is 0.456 e. The summed E-state index contributed by atoms with van der Waals surface area (Å²) in [6.07, 6.45) is 0. The molecule has 3 aromatic rings. The van der Waals surface area contributed by atoms with Gasteiger partial charge in [-0.05, 0) is 12.1 Å². The van der Waals surface area contributed by atoms with Crippen molar-refractivity contribution in [3.05, 3.63) is 64.7 Å². The van der Waals surface area contributed by atoms with Crippen molar-refractivity contribution in [3.63, 3.8) is 0 Å². The van der Waals surface area contributed by atoms with Gasteiger partial charge in [0, 0.05) is 16.5 Å². The van der Waals surface area contributed by atoms with E-state index in [1.54, 1.807) is 0 Å². The first-order chi connectivity index (χ1) is 9.31. The van der Waals surface area contributed by atoms with Crippen molar-refractivity contribution < 1.29 is 4.42 Å². The van der Waals surface area contributed by atoms with Crippen molar-refractivity contribution in [1.82, 2.24) is 0 Å². The first kappa shape index (κ1) is 12.4. The zero-order valence-corrected chi connectivity index (χ0v) is 11.7. The molecule has 0 atom stereocenters. The molecule has 0 amide bonds. The number of halogens is 1. The van der Waals surface area contributed by atoms with E-state index in [1.807, 2.05) is 54.6 Å². The lowest BCUT2D eigenvalue weighted by atomic mass is 10.1. The number of hydrogen-bond donors (Lipinski definition) is 0. The van der Waals surface area contributed by atoms with Gasteiger partial charge in [0.1, 0.15) is 11.3 Å². The van der Waals surface area contributed by atoms with Crippen LogP contribution in [-0.2, 0) is 5.88 Å². The molecular formula is C16H11ClOS. The van der Waals surface area contributed by atoms with E-state index >= 15 is 0 Å². The van der Waals surface area contributed by atoms with Gasteiger partial charge in [0.2, 0.25) is 0 Å². The third kappa shape index (κ3) is 2.18. The highest BCUT2D eigenvalue weighted by Gasteiger charge is 2.12. The summed E-state index contributed by atoms with van der Waals surface area (Å²) in [5, 5.41) is 0.938. The van der Waals surface area contributed by atoms with Gasteiger partial charge in [-0.2, -0.15) is 0 Å². The van der Waals surface area contributed by atoms with Crippen LogP contribution in [0, 0.1) is 4.51 Å². The number of hydrogen-bond acceptors (Lipinski definition) is 2. The van der Waals surface area contributed by atoms with Gasteiger partial charge >= 0.3 is 0 Å². The Balaban J connectivity index is 2.39. The predicted octanol–water partition coefficient (Wildman–Crippen LogP) is 5.57. The van der Waals surface area contributed by atoms with Crippen LogP contribution >= 0.6 is 23.8 Å². The van der Waals surface area contributed by atoms with E-state index in [-0.39, 0.29) is 0 Å². The summed E-state index contributed by atoms with van der Waals surface area (Å²) in [6, 6.07) is 17.7. The van der Waals surface area contributed by atoms with Crippen molar-refractivity contribution in [2.75, 3.05) is 0 Å². The Bertz CT molecular complexity index is 778. The van der Waals surface area contributed by atoms with E-state index in [2.05, 4.69) is 0 Å². The Morgan fingerprint density at radius 2 is 1.63 bits per heavy atom. The lowest BCUT2D eigenvalue weighted by Gasteiger charge is -2.09. The monoisotopic (exact) mass is 286 g/mol. The second-order valence-electron chi connectivity index (χ2n) is 4.23. The molecule has 1 heterocycles. The van der Waals surface area contributed by atoms with Crippen LogP contribution in [-0.4, -0.2) is 0 Å². The molecule has 3 heteroatoms. The smallest absolute Gasteiger partial charge is 0.140 e. The molecule has 0 radical (unpaired) electrons. The first-order valence-corrected chi connectivity index (χ1v) is 6.91. The summed E-state index contributed by atoms with van der Waals surface area (Å²) in [6.45, 7) is 0. The number of para-hydroxylation sites is 1. The fourth-order valence-corrected chi connectivity index (χ4v) is 2.79. The third-order valence-corrected chi connectivity index (χ3v) is 3.80. The molecule has 0 bridgehead atoms. The molecule has 0 aliphatic carbocycles. The van der Waals surface area contributed by atoms with E-state index in [4.69, 9.17) is 28.2 Å². The highest BCUT2D eigenvalue weighted by molar-refractivity contribution is 7.71. The van der Waals surface area contributed by atoms with Crippen LogP contribution in [0.1, 0.15) is 5.56 Å². The van der Waals surface area contributed by atoms with Crippen molar-refractivity contribution in [1.29, 1.82) is 0 Å². The summed E-state index contributed by atoms with van der Waals surface area (Å²) in [4.78, 5) is 0. The molecule has 0 spiro atoms. The lowest BCUT2D eigenvalue weighted by Crippen LogP contribution is -1.89. The maximum absolute atomic E-state index is 6.06. The SMILES string of the molecule is S=c1c(CCl)c(-c2ccccc2)oc2ccccc12. The number of rotatable bonds is 2. The minimum absolute atomic E-state index is 0.345. The standard InChI is InChI=1S/C16H11ClOS/c17-10-13-15(11-6-2-1-3-7-11)18-14-9-5-4-8-12(14)16(13)19/h1-9H,10H2. The van der Waals surface area contributed by atoms with Gasteiger partial charge in [-0.1, -0.05) is 54.7 Å². The molecule has 0 saturated heterocycles. The van der Waals surface area contributed by atoms with Gasteiger partial charge in [0.15, 0.2) is 0 Å². The molecule has 94 valence electrons. The average Bonchev–Trinajstić information content (AvgIpc) is 2.48. The summed E-state index contributed by atoms with van der Waals surface area (Å²) in [5.41, 5.74) is 2.66. The van der Waals surface area contributed by atoms with Gasteiger partial charge in [0.05, 0.1) is 10.4 Å². The number of alkyl halides is 1. The normalized spacial score (nSPS) is 10.8. The summed E-state index contributed by atoms with van der Waals surface area (Å²) >= 11 is 11.6. The zero-order chi connectivity index (χ0) is 13.2. The average molecular weight is 287 g/mol. The second kappa shape index (κ2) is 5.16. The summed E-state index contributed by atoms with van der Waals surface area (Å²) in [5.74, 6) is 1.11. The van der Waals surface area contributed by atoms with Crippen LogP contribution < -0.4 is 0 Å². The second-order valence-corrected chi connectivity index (χ2v) is 4.91. The van der Waals surface area contributed by atoms with Crippen LogP contribution in [0.15, 0.2) is 59.0 Å². The van der Waals surface area contributed by atoms with Crippen molar-refractivity contribution in [2.45, 2.75) is 5.88 Å². The molecule has 0 aliphatic rings. The van der Waals surface area contributed by atoms with Gasteiger partial charge in [-0.25, -0.2) is 0 Å². The van der Waals surface area contributed by atoms with E-state index in [0.29, 0.717) is 5.88 Å².